The van der Waals surface area contributed by atoms with Gasteiger partial charge in [-0.1, -0.05) is 18.2 Å². The van der Waals surface area contributed by atoms with Gasteiger partial charge in [-0.15, -0.1) is 0 Å². The van der Waals surface area contributed by atoms with Crippen molar-refractivity contribution in [2.45, 2.75) is 13.0 Å². The highest BCUT2D eigenvalue weighted by Gasteiger charge is 2.20. The summed E-state index contributed by atoms with van der Waals surface area (Å²) in [4.78, 5) is 21.9. The Labute approximate surface area is 124 Å². The zero-order valence-electron chi connectivity index (χ0n) is 11.6. The van der Waals surface area contributed by atoms with E-state index < -0.39 is 22.8 Å². The van der Waals surface area contributed by atoms with Crippen molar-refractivity contribution in [3.8, 4) is 0 Å². The molecule has 0 bridgehead atoms. The maximum Gasteiger partial charge on any atom is 0.433 e. The minimum absolute atomic E-state index is 0.116. The summed E-state index contributed by atoms with van der Waals surface area (Å²) < 4.78 is 10.5. The summed E-state index contributed by atoms with van der Waals surface area (Å²) in [5.74, 6) is -0.534. The van der Waals surface area contributed by atoms with Gasteiger partial charge in [-0.2, -0.15) is 0 Å². The van der Waals surface area contributed by atoms with Crippen molar-refractivity contribution in [1.82, 2.24) is 5.32 Å². The molecule has 7 heteroatoms. The van der Waals surface area contributed by atoms with E-state index in [4.69, 9.17) is 8.83 Å². The Morgan fingerprint density at radius 1 is 1.23 bits per heavy atom. The van der Waals surface area contributed by atoms with Crippen molar-refractivity contribution >= 4 is 22.8 Å². The molecule has 112 valence electrons. The Morgan fingerprint density at radius 3 is 2.68 bits per heavy atom. The lowest BCUT2D eigenvalue weighted by atomic mass is 10.2. The van der Waals surface area contributed by atoms with Crippen LogP contribution in [0.3, 0.4) is 0 Å². The van der Waals surface area contributed by atoms with Gasteiger partial charge < -0.3 is 14.2 Å². The number of para-hydroxylation sites is 1. The van der Waals surface area contributed by atoms with Crippen LogP contribution in [0.25, 0.3) is 11.0 Å². The lowest BCUT2D eigenvalue weighted by Gasteiger charge is -2.09. The number of carbonyl (C=O) groups excluding carboxylic acids is 1. The second kappa shape index (κ2) is 5.36. The Morgan fingerprint density at radius 2 is 2.00 bits per heavy atom. The predicted octanol–water partition coefficient (Wildman–Crippen LogP) is 3.43. The van der Waals surface area contributed by atoms with Gasteiger partial charge in [0.25, 0.3) is 5.91 Å². The lowest BCUT2D eigenvalue weighted by Crippen LogP contribution is -2.25. The first-order valence-corrected chi connectivity index (χ1v) is 6.58. The molecule has 2 aromatic heterocycles. The highest BCUT2D eigenvalue weighted by atomic mass is 16.6. The molecule has 1 aromatic carbocycles. The normalized spacial score (nSPS) is 12.2. The Kier molecular flexibility index (Phi) is 3.38. The first kappa shape index (κ1) is 13.9. The number of hydrogen-bond donors (Lipinski definition) is 1. The van der Waals surface area contributed by atoms with Gasteiger partial charge in [0.1, 0.15) is 16.3 Å². The Bertz CT molecular complexity index is 815. The molecule has 3 aromatic rings. The number of rotatable bonds is 4. The SMILES string of the molecule is CC(NC(=O)c1ccc([N+](=O)[O-])o1)c1cc2ccccc2o1. The first-order chi connectivity index (χ1) is 10.5. The molecule has 0 spiro atoms. The van der Waals surface area contributed by atoms with Crippen molar-refractivity contribution in [2.24, 2.45) is 0 Å². The van der Waals surface area contributed by atoms with Crippen LogP contribution < -0.4 is 5.32 Å². The van der Waals surface area contributed by atoms with Crippen molar-refractivity contribution in [2.75, 3.05) is 0 Å². The Balaban J connectivity index is 1.76. The smallest absolute Gasteiger partial charge is 0.433 e. The van der Waals surface area contributed by atoms with Crippen molar-refractivity contribution in [3.63, 3.8) is 0 Å². The van der Waals surface area contributed by atoms with Crippen LogP contribution >= 0.6 is 0 Å². The number of furan rings is 2. The highest BCUT2D eigenvalue weighted by molar-refractivity contribution is 5.92. The van der Waals surface area contributed by atoms with Gasteiger partial charge in [0, 0.05) is 5.39 Å². The van der Waals surface area contributed by atoms with Crippen molar-refractivity contribution in [3.05, 3.63) is 64.1 Å². The molecular formula is C15H12N2O5. The van der Waals surface area contributed by atoms with Gasteiger partial charge in [-0.3, -0.25) is 14.9 Å². The van der Waals surface area contributed by atoms with Gasteiger partial charge in [-0.25, -0.2) is 0 Å². The third-order valence-electron chi connectivity index (χ3n) is 3.21. The van der Waals surface area contributed by atoms with Crippen LogP contribution in [0.2, 0.25) is 0 Å². The van der Waals surface area contributed by atoms with Crippen LogP contribution in [-0.4, -0.2) is 10.8 Å². The van der Waals surface area contributed by atoms with Crippen LogP contribution in [-0.2, 0) is 0 Å². The van der Waals surface area contributed by atoms with Crippen LogP contribution in [0.4, 0.5) is 5.88 Å². The second-order valence-corrected chi connectivity index (χ2v) is 4.78. The topological polar surface area (TPSA) is 98.5 Å². The van der Waals surface area contributed by atoms with Crippen LogP contribution in [0.5, 0.6) is 0 Å². The lowest BCUT2D eigenvalue weighted by molar-refractivity contribution is -0.402. The third kappa shape index (κ3) is 2.56. The third-order valence-corrected chi connectivity index (χ3v) is 3.21. The molecule has 1 amide bonds. The number of nitro groups is 1. The average molecular weight is 300 g/mol. The molecule has 0 aliphatic carbocycles. The standard InChI is InChI=1S/C15H12N2O5/c1-9(13-8-10-4-2-3-5-11(10)21-13)16-15(18)12-6-7-14(22-12)17(19)20/h2-9H,1H3,(H,16,18). The molecule has 1 unspecified atom stereocenters. The predicted molar refractivity (Wildman–Crippen MR) is 77.5 cm³/mol. The molecule has 0 saturated heterocycles. The number of nitrogens with zero attached hydrogens (tertiary/aromatic N) is 1. The van der Waals surface area contributed by atoms with Gasteiger partial charge in [0.2, 0.25) is 0 Å². The van der Waals surface area contributed by atoms with E-state index in [9.17, 15) is 14.9 Å². The van der Waals surface area contributed by atoms with Crippen molar-refractivity contribution in [1.29, 1.82) is 0 Å². The number of carbonyl (C=O) groups is 1. The zero-order chi connectivity index (χ0) is 15.7. The number of benzene rings is 1. The van der Waals surface area contributed by atoms with Gasteiger partial charge in [0.05, 0.1) is 12.1 Å². The summed E-state index contributed by atoms with van der Waals surface area (Å²) in [5.41, 5.74) is 0.729. The minimum Gasteiger partial charge on any atom is -0.459 e. The maximum absolute atomic E-state index is 12.0. The summed E-state index contributed by atoms with van der Waals surface area (Å²) >= 11 is 0. The second-order valence-electron chi connectivity index (χ2n) is 4.78. The number of nitrogens with one attached hydrogen (secondary N) is 1. The van der Waals surface area contributed by atoms with Gasteiger partial charge in [-0.05, 0) is 25.1 Å². The molecule has 0 saturated carbocycles. The molecule has 0 aliphatic heterocycles. The summed E-state index contributed by atoms with van der Waals surface area (Å²) in [6.45, 7) is 1.76. The quantitative estimate of drug-likeness (QED) is 0.588. The van der Waals surface area contributed by atoms with Crippen molar-refractivity contribution < 1.29 is 18.6 Å². The van der Waals surface area contributed by atoms with Gasteiger partial charge >= 0.3 is 5.88 Å². The van der Waals surface area contributed by atoms with Crippen LogP contribution in [0.15, 0.2) is 51.3 Å². The molecular weight excluding hydrogens is 288 g/mol. The summed E-state index contributed by atoms with van der Waals surface area (Å²) in [7, 11) is 0. The fourth-order valence-corrected chi connectivity index (χ4v) is 2.10. The van der Waals surface area contributed by atoms with E-state index in [1.165, 1.54) is 6.07 Å². The van der Waals surface area contributed by atoms with E-state index in [1.54, 1.807) is 6.92 Å². The van der Waals surface area contributed by atoms with E-state index in [-0.39, 0.29) is 5.76 Å². The monoisotopic (exact) mass is 300 g/mol. The fourth-order valence-electron chi connectivity index (χ4n) is 2.10. The van der Waals surface area contributed by atoms with E-state index in [0.29, 0.717) is 5.76 Å². The molecule has 0 radical (unpaired) electrons. The largest absolute Gasteiger partial charge is 0.459 e. The average Bonchev–Trinajstić information content (AvgIpc) is 3.14. The fraction of sp³-hybridized carbons (Fsp3) is 0.133. The Hall–Kier alpha value is -3.09. The molecule has 7 nitrogen and oxygen atoms in total. The zero-order valence-corrected chi connectivity index (χ0v) is 11.6. The molecule has 0 aliphatic rings. The van der Waals surface area contributed by atoms with E-state index in [1.807, 2.05) is 30.3 Å². The van der Waals surface area contributed by atoms with E-state index in [2.05, 4.69) is 5.32 Å². The van der Waals surface area contributed by atoms with Crippen LogP contribution in [0.1, 0.15) is 29.3 Å². The number of amides is 1. The maximum atomic E-state index is 12.0. The van der Waals surface area contributed by atoms with E-state index >= 15 is 0 Å². The summed E-state index contributed by atoms with van der Waals surface area (Å²) in [6, 6.07) is 11.3. The van der Waals surface area contributed by atoms with E-state index in [0.717, 1.165) is 17.0 Å². The highest BCUT2D eigenvalue weighted by Crippen LogP contribution is 2.24. The first-order valence-electron chi connectivity index (χ1n) is 6.58. The molecule has 2 heterocycles. The molecule has 3 rings (SSSR count). The molecule has 1 N–H and O–H groups in total. The number of hydrogen-bond acceptors (Lipinski definition) is 5. The minimum atomic E-state index is -0.695. The molecule has 0 fully saturated rings. The summed E-state index contributed by atoms with van der Waals surface area (Å²) in [5, 5.41) is 14.2. The van der Waals surface area contributed by atoms with Gasteiger partial charge in [0.15, 0.2) is 5.76 Å². The molecule has 1 atom stereocenters. The van der Waals surface area contributed by atoms with Crippen LogP contribution in [0, 0.1) is 10.1 Å². The number of fused-ring (bicyclic) bond motifs is 1. The summed E-state index contributed by atoms with van der Waals surface area (Å²) in [6.07, 6.45) is 0. The molecule has 22 heavy (non-hydrogen) atoms.